The molecule has 0 saturated carbocycles. The van der Waals surface area contributed by atoms with Crippen LogP contribution in [0.5, 0.6) is 0 Å². The zero-order valence-corrected chi connectivity index (χ0v) is 13.1. The van der Waals surface area contributed by atoms with Crippen molar-refractivity contribution in [1.82, 2.24) is 19.9 Å². The normalized spacial score (nSPS) is 10.9. The molecule has 0 atom stereocenters. The first-order chi connectivity index (χ1) is 12.1. The average Bonchev–Trinajstić information content (AvgIpc) is 2.63. The fourth-order valence-electron chi connectivity index (χ4n) is 2.13. The summed E-state index contributed by atoms with van der Waals surface area (Å²) in [6, 6.07) is 9.44. The van der Waals surface area contributed by atoms with Crippen LogP contribution in [0.1, 0.15) is 11.3 Å². The van der Waals surface area contributed by atoms with Crippen LogP contribution < -0.4 is 5.56 Å². The number of nitrogens with zero attached hydrogens (tertiary/aromatic N) is 6. The van der Waals surface area contributed by atoms with Crippen LogP contribution in [0, 0.1) is 17.0 Å². The highest BCUT2D eigenvalue weighted by Gasteiger charge is 2.13. The van der Waals surface area contributed by atoms with Crippen molar-refractivity contribution in [3.63, 3.8) is 0 Å². The molecule has 3 aromatic rings. The minimum Gasteiger partial charge on any atom is -0.265 e. The van der Waals surface area contributed by atoms with Gasteiger partial charge in [0.1, 0.15) is 5.69 Å². The van der Waals surface area contributed by atoms with Gasteiger partial charge in [0.15, 0.2) is 5.82 Å². The van der Waals surface area contributed by atoms with Gasteiger partial charge in [-0.1, -0.05) is 12.1 Å². The van der Waals surface area contributed by atoms with Crippen molar-refractivity contribution in [2.24, 2.45) is 5.10 Å². The van der Waals surface area contributed by atoms with Gasteiger partial charge in [0.2, 0.25) is 0 Å². The summed E-state index contributed by atoms with van der Waals surface area (Å²) in [7, 11) is 0. The van der Waals surface area contributed by atoms with E-state index in [0.717, 1.165) is 4.68 Å². The van der Waals surface area contributed by atoms with E-state index in [-0.39, 0.29) is 22.8 Å². The molecular weight excluding hydrogens is 324 g/mol. The van der Waals surface area contributed by atoms with Gasteiger partial charge >= 0.3 is 0 Å². The SMILES string of the molecule is Cc1nnc(-c2ccncc2)n(/N=C/c2ccccc2[N+](=O)[O-])c1=O. The Morgan fingerprint density at radius 2 is 1.88 bits per heavy atom. The molecule has 0 radical (unpaired) electrons. The minimum absolute atomic E-state index is 0.108. The van der Waals surface area contributed by atoms with Gasteiger partial charge in [-0.2, -0.15) is 9.78 Å². The molecule has 0 amide bonds. The topological polar surface area (TPSA) is 116 Å². The number of aryl methyl sites for hydroxylation is 1. The first-order valence-electron chi connectivity index (χ1n) is 7.22. The lowest BCUT2D eigenvalue weighted by Gasteiger charge is -2.06. The molecule has 2 heterocycles. The molecule has 1 aromatic carbocycles. The third kappa shape index (κ3) is 3.29. The highest BCUT2D eigenvalue weighted by atomic mass is 16.6. The van der Waals surface area contributed by atoms with E-state index in [1.54, 1.807) is 42.7 Å². The van der Waals surface area contributed by atoms with Gasteiger partial charge in [-0.25, -0.2) is 0 Å². The van der Waals surface area contributed by atoms with E-state index in [1.807, 2.05) is 0 Å². The molecule has 0 N–H and O–H groups in total. The van der Waals surface area contributed by atoms with E-state index in [0.29, 0.717) is 5.56 Å². The van der Waals surface area contributed by atoms with Crippen LogP contribution in [0.15, 0.2) is 58.7 Å². The number of benzene rings is 1. The minimum atomic E-state index is -0.510. The first kappa shape index (κ1) is 16.1. The van der Waals surface area contributed by atoms with Crippen LogP contribution in [-0.2, 0) is 0 Å². The molecule has 25 heavy (non-hydrogen) atoms. The first-order valence-corrected chi connectivity index (χ1v) is 7.22. The Morgan fingerprint density at radius 3 is 2.60 bits per heavy atom. The molecule has 2 aromatic heterocycles. The van der Waals surface area contributed by atoms with Crippen molar-refractivity contribution in [2.75, 3.05) is 0 Å². The Kier molecular flexibility index (Phi) is 4.38. The van der Waals surface area contributed by atoms with Crippen molar-refractivity contribution in [3.05, 3.63) is 80.5 Å². The fraction of sp³-hybridized carbons (Fsp3) is 0.0625. The number of hydrogen-bond donors (Lipinski definition) is 0. The Balaban J connectivity index is 2.14. The highest BCUT2D eigenvalue weighted by Crippen LogP contribution is 2.16. The van der Waals surface area contributed by atoms with Gasteiger partial charge in [-0.05, 0) is 25.1 Å². The fourth-order valence-corrected chi connectivity index (χ4v) is 2.13. The molecule has 0 aliphatic heterocycles. The predicted molar refractivity (Wildman–Crippen MR) is 90.3 cm³/mol. The maximum atomic E-state index is 12.4. The van der Waals surface area contributed by atoms with Crippen LogP contribution in [0.4, 0.5) is 5.69 Å². The van der Waals surface area contributed by atoms with Crippen molar-refractivity contribution in [2.45, 2.75) is 6.92 Å². The van der Waals surface area contributed by atoms with Crippen molar-refractivity contribution in [3.8, 4) is 11.4 Å². The molecule has 0 bridgehead atoms. The second-order valence-electron chi connectivity index (χ2n) is 5.02. The summed E-state index contributed by atoms with van der Waals surface area (Å²) in [5.41, 5.74) is 0.464. The van der Waals surface area contributed by atoms with E-state index >= 15 is 0 Å². The number of rotatable bonds is 4. The lowest BCUT2D eigenvalue weighted by atomic mass is 10.2. The molecule has 124 valence electrons. The summed E-state index contributed by atoms with van der Waals surface area (Å²) in [5.74, 6) is 0.216. The third-order valence-corrected chi connectivity index (χ3v) is 3.38. The zero-order valence-electron chi connectivity index (χ0n) is 13.1. The van der Waals surface area contributed by atoms with Gasteiger partial charge in [0.05, 0.1) is 16.7 Å². The quantitative estimate of drug-likeness (QED) is 0.407. The van der Waals surface area contributed by atoms with E-state index in [2.05, 4.69) is 20.3 Å². The summed E-state index contributed by atoms with van der Waals surface area (Å²) in [6.07, 6.45) is 4.36. The van der Waals surface area contributed by atoms with Crippen LogP contribution >= 0.6 is 0 Å². The predicted octanol–water partition coefficient (Wildman–Crippen LogP) is 1.80. The summed E-state index contributed by atoms with van der Waals surface area (Å²) in [5, 5.41) is 23.0. The summed E-state index contributed by atoms with van der Waals surface area (Å²) >= 11 is 0. The van der Waals surface area contributed by atoms with Crippen LogP contribution in [0.2, 0.25) is 0 Å². The van der Waals surface area contributed by atoms with E-state index in [9.17, 15) is 14.9 Å². The van der Waals surface area contributed by atoms with Gasteiger partial charge in [0.25, 0.3) is 11.2 Å². The number of nitro groups is 1. The summed E-state index contributed by atoms with van der Waals surface area (Å²) in [6.45, 7) is 1.52. The van der Waals surface area contributed by atoms with E-state index in [4.69, 9.17) is 0 Å². The molecular formula is C16H12N6O3. The van der Waals surface area contributed by atoms with Crippen LogP contribution in [-0.4, -0.2) is 31.0 Å². The molecule has 0 saturated heterocycles. The Hall–Kier alpha value is -3.75. The van der Waals surface area contributed by atoms with Gasteiger partial charge in [0, 0.05) is 24.0 Å². The lowest BCUT2D eigenvalue weighted by Crippen LogP contribution is -2.24. The highest BCUT2D eigenvalue weighted by molar-refractivity contribution is 5.85. The molecule has 3 rings (SSSR count). The Morgan fingerprint density at radius 1 is 1.16 bits per heavy atom. The number of para-hydroxylation sites is 1. The van der Waals surface area contributed by atoms with Crippen LogP contribution in [0.3, 0.4) is 0 Å². The zero-order chi connectivity index (χ0) is 17.8. The maximum absolute atomic E-state index is 12.4. The van der Waals surface area contributed by atoms with E-state index in [1.165, 1.54) is 19.2 Å². The van der Waals surface area contributed by atoms with Crippen molar-refractivity contribution < 1.29 is 4.92 Å². The van der Waals surface area contributed by atoms with Gasteiger partial charge in [-0.3, -0.25) is 19.9 Å². The Bertz CT molecular complexity index is 1010. The third-order valence-electron chi connectivity index (χ3n) is 3.38. The summed E-state index contributed by atoms with van der Waals surface area (Å²) < 4.78 is 1.06. The average molecular weight is 336 g/mol. The second-order valence-corrected chi connectivity index (χ2v) is 5.02. The van der Waals surface area contributed by atoms with Gasteiger partial charge in [-0.15, -0.1) is 10.2 Å². The molecule has 0 aliphatic carbocycles. The number of hydrogen-bond acceptors (Lipinski definition) is 7. The largest absolute Gasteiger partial charge is 0.296 e. The molecule has 9 nitrogen and oxygen atoms in total. The maximum Gasteiger partial charge on any atom is 0.296 e. The number of pyridine rings is 1. The molecule has 0 aliphatic rings. The van der Waals surface area contributed by atoms with Crippen molar-refractivity contribution in [1.29, 1.82) is 0 Å². The lowest BCUT2D eigenvalue weighted by molar-refractivity contribution is -0.385. The summed E-state index contributed by atoms with van der Waals surface area (Å²) in [4.78, 5) is 26.9. The molecule has 0 unspecified atom stereocenters. The monoisotopic (exact) mass is 336 g/mol. The van der Waals surface area contributed by atoms with Crippen LogP contribution in [0.25, 0.3) is 11.4 Å². The molecule has 9 heteroatoms. The van der Waals surface area contributed by atoms with Gasteiger partial charge < -0.3 is 0 Å². The number of nitro benzene ring substituents is 1. The number of aromatic nitrogens is 4. The molecule has 0 fully saturated rings. The second kappa shape index (κ2) is 6.79. The van der Waals surface area contributed by atoms with Crippen molar-refractivity contribution >= 4 is 11.9 Å². The van der Waals surface area contributed by atoms with E-state index < -0.39 is 10.5 Å². The molecule has 0 spiro atoms. The standard InChI is InChI=1S/C16H12N6O3/c1-11-16(23)21(15(20-19-11)12-6-8-17-9-7-12)18-10-13-4-2-3-5-14(13)22(24)25/h2-10H,1H3/b18-10+. The Labute approximate surface area is 141 Å². The smallest absolute Gasteiger partial charge is 0.265 e.